The number of ether oxygens (including phenoxy) is 3. The SMILES string of the molecule is O=C1OC[C@H](C(=O)NCCCCCNC(=O)c2ccc(C3=CCOCC3)cc2)O1. The summed E-state index contributed by atoms with van der Waals surface area (Å²) in [7, 11) is 0. The molecule has 0 aromatic heterocycles. The van der Waals surface area contributed by atoms with Gasteiger partial charge in [-0.05, 0) is 49.0 Å². The number of benzene rings is 1. The number of rotatable bonds is 9. The predicted octanol–water partition coefficient (Wildman–Crippen LogP) is 2.04. The van der Waals surface area contributed by atoms with Crippen LogP contribution in [0.4, 0.5) is 4.79 Å². The van der Waals surface area contributed by atoms with E-state index in [2.05, 4.69) is 21.4 Å². The molecule has 1 fully saturated rings. The number of unbranched alkanes of at least 4 members (excludes halogenated alkanes) is 2. The highest BCUT2D eigenvalue weighted by atomic mass is 16.8. The summed E-state index contributed by atoms with van der Waals surface area (Å²) in [6.45, 7) is 2.40. The molecule has 8 heteroatoms. The third kappa shape index (κ3) is 6.32. The molecular weight excluding hydrogens is 376 g/mol. The minimum atomic E-state index is -0.851. The molecule has 0 saturated carbocycles. The van der Waals surface area contributed by atoms with Gasteiger partial charge in [-0.15, -0.1) is 0 Å². The van der Waals surface area contributed by atoms with E-state index < -0.39 is 12.3 Å². The molecule has 1 aromatic rings. The van der Waals surface area contributed by atoms with Crippen molar-refractivity contribution in [2.45, 2.75) is 31.8 Å². The lowest BCUT2D eigenvalue weighted by molar-refractivity contribution is -0.127. The maximum absolute atomic E-state index is 12.2. The van der Waals surface area contributed by atoms with Crippen molar-refractivity contribution in [1.82, 2.24) is 10.6 Å². The topological polar surface area (TPSA) is 103 Å². The zero-order valence-corrected chi connectivity index (χ0v) is 16.3. The van der Waals surface area contributed by atoms with Crippen molar-refractivity contribution in [3.8, 4) is 0 Å². The lowest BCUT2D eigenvalue weighted by atomic mass is 10.00. The van der Waals surface area contributed by atoms with E-state index in [1.54, 1.807) is 0 Å². The van der Waals surface area contributed by atoms with E-state index in [1.807, 2.05) is 24.3 Å². The normalized spacial score (nSPS) is 18.4. The van der Waals surface area contributed by atoms with Crippen molar-refractivity contribution >= 4 is 23.5 Å². The van der Waals surface area contributed by atoms with Crippen LogP contribution in [-0.4, -0.2) is 57.0 Å². The lowest BCUT2D eigenvalue weighted by Gasteiger charge is -2.14. The summed E-state index contributed by atoms with van der Waals surface area (Å²) in [6.07, 6.45) is 3.76. The van der Waals surface area contributed by atoms with Gasteiger partial charge >= 0.3 is 6.16 Å². The molecule has 2 aliphatic heterocycles. The van der Waals surface area contributed by atoms with Crippen molar-refractivity contribution in [1.29, 1.82) is 0 Å². The van der Waals surface area contributed by atoms with Crippen molar-refractivity contribution < 1.29 is 28.6 Å². The average Bonchev–Trinajstić information content (AvgIpc) is 3.20. The molecule has 2 heterocycles. The number of amides is 2. The molecule has 0 bridgehead atoms. The highest BCUT2D eigenvalue weighted by Crippen LogP contribution is 2.21. The Kier molecular flexibility index (Phi) is 7.63. The second-order valence-electron chi connectivity index (χ2n) is 6.91. The van der Waals surface area contributed by atoms with Crippen LogP contribution < -0.4 is 10.6 Å². The molecule has 29 heavy (non-hydrogen) atoms. The van der Waals surface area contributed by atoms with Gasteiger partial charge in [-0.1, -0.05) is 18.2 Å². The van der Waals surface area contributed by atoms with E-state index in [-0.39, 0.29) is 18.4 Å². The minimum absolute atomic E-state index is 0.0380. The zero-order chi connectivity index (χ0) is 20.5. The number of nitrogens with one attached hydrogen (secondary N) is 2. The quantitative estimate of drug-likeness (QED) is 0.484. The second-order valence-corrected chi connectivity index (χ2v) is 6.91. The average molecular weight is 402 g/mol. The third-order valence-corrected chi connectivity index (χ3v) is 4.80. The standard InChI is InChI=1S/C21H26N2O6/c24-19(17-6-4-15(5-7-17)16-8-12-27-13-9-16)22-10-2-1-3-11-23-20(25)18-14-28-21(26)29-18/h4-8,18H,1-3,9-14H2,(H,22,24)(H,23,25)/t18-/m1/s1. The van der Waals surface area contributed by atoms with Gasteiger partial charge < -0.3 is 24.8 Å². The van der Waals surface area contributed by atoms with Crippen LogP contribution in [0.1, 0.15) is 41.6 Å². The van der Waals surface area contributed by atoms with Gasteiger partial charge in [0.05, 0.1) is 13.2 Å². The Morgan fingerprint density at radius 1 is 1.03 bits per heavy atom. The maximum atomic E-state index is 12.2. The molecule has 1 aromatic carbocycles. The second kappa shape index (κ2) is 10.6. The first-order chi connectivity index (χ1) is 14.1. The number of hydrogen-bond donors (Lipinski definition) is 2. The van der Waals surface area contributed by atoms with E-state index in [9.17, 15) is 14.4 Å². The third-order valence-electron chi connectivity index (χ3n) is 4.80. The molecule has 0 aliphatic carbocycles. The van der Waals surface area contributed by atoms with Crippen LogP contribution in [-0.2, 0) is 19.0 Å². The largest absolute Gasteiger partial charge is 0.509 e. The summed E-state index contributed by atoms with van der Waals surface area (Å²) in [5, 5.41) is 5.62. The Bertz CT molecular complexity index is 759. The van der Waals surface area contributed by atoms with Crippen LogP contribution in [0.2, 0.25) is 0 Å². The Morgan fingerprint density at radius 3 is 2.45 bits per heavy atom. The van der Waals surface area contributed by atoms with Gasteiger partial charge in [0, 0.05) is 18.7 Å². The fourth-order valence-electron chi connectivity index (χ4n) is 3.14. The molecule has 2 aliphatic rings. The molecule has 0 radical (unpaired) electrons. The summed E-state index contributed by atoms with van der Waals surface area (Å²) < 4.78 is 14.6. The van der Waals surface area contributed by atoms with Crippen LogP contribution in [0.3, 0.4) is 0 Å². The minimum Gasteiger partial charge on any atom is -0.430 e. The number of cyclic esters (lactones) is 2. The molecule has 8 nitrogen and oxygen atoms in total. The van der Waals surface area contributed by atoms with E-state index in [1.165, 1.54) is 5.57 Å². The van der Waals surface area contributed by atoms with Gasteiger partial charge in [-0.2, -0.15) is 0 Å². The fourth-order valence-corrected chi connectivity index (χ4v) is 3.14. The zero-order valence-electron chi connectivity index (χ0n) is 16.3. The van der Waals surface area contributed by atoms with Gasteiger partial charge in [0.15, 0.2) is 0 Å². The molecule has 1 saturated heterocycles. The summed E-state index contributed by atoms with van der Waals surface area (Å²) >= 11 is 0. The Morgan fingerprint density at radius 2 is 1.79 bits per heavy atom. The van der Waals surface area contributed by atoms with Crippen molar-refractivity contribution in [3.05, 3.63) is 41.5 Å². The van der Waals surface area contributed by atoms with Crippen LogP contribution in [0.15, 0.2) is 30.3 Å². The molecule has 1 atom stereocenters. The van der Waals surface area contributed by atoms with E-state index >= 15 is 0 Å². The molecule has 3 rings (SSSR count). The van der Waals surface area contributed by atoms with Crippen molar-refractivity contribution in [3.63, 3.8) is 0 Å². The van der Waals surface area contributed by atoms with Crippen LogP contribution in [0.25, 0.3) is 5.57 Å². The molecule has 0 unspecified atom stereocenters. The van der Waals surface area contributed by atoms with E-state index in [4.69, 9.17) is 9.47 Å². The molecule has 2 N–H and O–H groups in total. The lowest BCUT2D eigenvalue weighted by Crippen LogP contribution is -2.36. The number of hydrogen-bond acceptors (Lipinski definition) is 6. The van der Waals surface area contributed by atoms with Crippen LogP contribution >= 0.6 is 0 Å². The van der Waals surface area contributed by atoms with Crippen LogP contribution in [0.5, 0.6) is 0 Å². The maximum Gasteiger partial charge on any atom is 0.509 e. The van der Waals surface area contributed by atoms with E-state index in [0.717, 1.165) is 37.9 Å². The first-order valence-electron chi connectivity index (χ1n) is 9.90. The Hall–Kier alpha value is -2.87. The van der Waals surface area contributed by atoms with Gasteiger partial charge in [-0.3, -0.25) is 9.59 Å². The van der Waals surface area contributed by atoms with Gasteiger partial charge in [-0.25, -0.2) is 4.79 Å². The summed E-state index contributed by atoms with van der Waals surface area (Å²) in [5.41, 5.74) is 3.03. The predicted molar refractivity (Wildman–Crippen MR) is 105 cm³/mol. The highest BCUT2D eigenvalue weighted by Gasteiger charge is 2.31. The van der Waals surface area contributed by atoms with Gasteiger partial charge in [0.2, 0.25) is 6.10 Å². The smallest absolute Gasteiger partial charge is 0.430 e. The summed E-state index contributed by atoms with van der Waals surface area (Å²) in [6, 6.07) is 7.63. The number of carbonyl (C=O) groups is 3. The Labute approximate surface area is 169 Å². The highest BCUT2D eigenvalue weighted by molar-refractivity contribution is 5.94. The molecule has 2 amide bonds. The first kappa shape index (κ1) is 20.9. The van der Waals surface area contributed by atoms with Gasteiger partial charge in [0.1, 0.15) is 6.61 Å². The van der Waals surface area contributed by atoms with Crippen molar-refractivity contribution in [2.75, 3.05) is 32.9 Å². The molecular formula is C21H26N2O6. The molecule has 0 spiro atoms. The van der Waals surface area contributed by atoms with Crippen molar-refractivity contribution in [2.24, 2.45) is 0 Å². The monoisotopic (exact) mass is 402 g/mol. The Balaban J connectivity index is 1.27. The number of carbonyl (C=O) groups excluding carboxylic acids is 3. The summed E-state index contributed by atoms with van der Waals surface area (Å²) in [4.78, 5) is 34.7. The fraction of sp³-hybridized carbons (Fsp3) is 0.476. The summed E-state index contributed by atoms with van der Waals surface area (Å²) in [5.74, 6) is -0.432. The molecule has 156 valence electrons. The van der Waals surface area contributed by atoms with Gasteiger partial charge in [0.25, 0.3) is 11.8 Å². The van der Waals surface area contributed by atoms with Crippen LogP contribution in [0, 0.1) is 0 Å². The van der Waals surface area contributed by atoms with E-state index in [0.29, 0.717) is 25.3 Å². The first-order valence-corrected chi connectivity index (χ1v) is 9.90.